The van der Waals surface area contributed by atoms with Crippen LogP contribution in [-0.4, -0.2) is 0 Å². The molecule has 0 spiro atoms. The minimum Gasteiger partial charge on any atom is -0.302 e. The number of benzene rings is 3. The normalized spacial score (nSPS) is 23.7. The molecular formula is C22H21N. The molecule has 23 heavy (non-hydrogen) atoms. The fourth-order valence-corrected chi connectivity index (χ4v) is 3.73. The topological polar surface area (TPSA) is 12.0 Å². The highest BCUT2D eigenvalue weighted by molar-refractivity contribution is 5.33. The van der Waals surface area contributed by atoms with Crippen molar-refractivity contribution >= 4 is 0 Å². The highest BCUT2D eigenvalue weighted by Crippen LogP contribution is 2.45. The van der Waals surface area contributed by atoms with Crippen molar-refractivity contribution in [3.05, 3.63) is 108 Å². The van der Waals surface area contributed by atoms with E-state index in [0.717, 1.165) is 6.42 Å². The Balaban J connectivity index is 1.70. The molecule has 0 aliphatic carbocycles. The summed E-state index contributed by atoms with van der Waals surface area (Å²) in [5.74, 6) is 0.504. The maximum absolute atomic E-state index is 3.87. The van der Waals surface area contributed by atoms with Crippen LogP contribution < -0.4 is 5.32 Å². The molecule has 3 aromatic carbocycles. The van der Waals surface area contributed by atoms with Crippen molar-refractivity contribution in [3.63, 3.8) is 0 Å². The molecule has 1 fully saturated rings. The Morgan fingerprint density at radius 1 is 0.565 bits per heavy atom. The Bertz CT molecular complexity index is 689. The van der Waals surface area contributed by atoms with Gasteiger partial charge in [0.05, 0.1) is 0 Å². The van der Waals surface area contributed by atoms with Crippen molar-refractivity contribution in [1.82, 2.24) is 5.32 Å². The number of hydrogen-bond donors (Lipinski definition) is 1. The van der Waals surface area contributed by atoms with Gasteiger partial charge in [-0.1, -0.05) is 91.0 Å². The first kappa shape index (κ1) is 14.2. The van der Waals surface area contributed by atoms with Crippen LogP contribution in [0, 0.1) is 0 Å². The van der Waals surface area contributed by atoms with E-state index in [0.29, 0.717) is 18.0 Å². The van der Waals surface area contributed by atoms with Crippen LogP contribution in [0.3, 0.4) is 0 Å². The quantitative estimate of drug-likeness (QED) is 0.697. The summed E-state index contributed by atoms with van der Waals surface area (Å²) >= 11 is 0. The molecule has 0 unspecified atom stereocenters. The van der Waals surface area contributed by atoms with Gasteiger partial charge in [0.1, 0.15) is 0 Å². The van der Waals surface area contributed by atoms with Crippen LogP contribution in [0.1, 0.15) is 41.1 Å². The summed E-state index contributed by atoms with van der Waals surface area (Å²) in [7, 11) is 0. The van der Waals surface area contributed by atoms with Crippen molar-refractivity contribution in [3.8, 4) is 0 Å². The fourth-order valence-electron chi connectivity index (χ4n) is 3.73. The minimum absolute atomic E-state index is 0.365. The Kier molecular flexibility index (Phi) is 3.95. The molecule has 1 heteroatoms. The van der Waals surface area contributed by atoms with Gasteiger partial charge in [0.25, 0.3) is 0 Å². The maximum Gasteiger partial charge on any atom is 0.0395 e. The third kappa shape index (κ3) is 2.93. The Morgan fingerprint density at radius 3 is 1.61 bits per heavy atom. The lowest BCUT2D eigenvalue weighted by Gasteiger charge is -2.20. The average Bonchev–Trinajstić information content (AvgIpc) is 3.09. The smallest absolute Gasteiger partial charge is 0.0395 e. The van der Waals surface area contributed by atoms with Gasteiger partial charge in [0, 0.05) is 18.0 Å². The summed E-state index contributed by atoms with van der Waals surface area (Å²) < 4.78 is 0. The first-order chi connectivity index (χ1) is 11.4. The molecule has 0 amide bonds. The van der Waals surface area contributed by atoms with E-state index in [1.54, 1.807) is 0 Å². The van der Waals surface area contributed by atoms with Crippen LogP contribution in [0.15, 0.2) is 91.0 Å². The first-order valence-electron chi connectivity index (χ1n) is 8.33. The highest BCUT2D eigenvalue weighted by atomic mass is 15.0. The molecule has 1 aliphatic rings. The molecule has 4 rings (SSSR count). The predicted octanol–water partition coefficient (Wildman–Crippen LogP) is 5.25. The molecule has 3 atom stereocenters. The van der Waals surface area contributed by atoms with Gasteiger partial charge < -0.3 is 5.32 Å². The average molecular weight is 299 g/mol. The lowest BCUT2D eigenvalue weighted by Crippen LogP contribution is -2.19. The van der Waals surface area contributed by atoms with Gasteiger partial charge >= 0.3 is 0 Å². The largest absolute Gasteiger partial charge is 0.302 e. The molecule has 0 radical (unpaired) electrons. The van der Waals surface area contributed by atoms with E-state index in [-0.39, 0.29) is 0 Å². The van der Waals surface area contributed by atoms with E-state index in [1.807, 2.05) is 0 Å². The van der Waals surface area contributed by atoms with E-state index >= 15 is 0 Å². The summed E-state index contributed by atoms with van der Waals surface area (Å²) in [6.07, 6.45) is 1.13. The summed E-state index contributed by atoms with van der Waals surface area (Å²) in [6, 6.07) is 33.3. The van der Waals surface area contributed by atoms with Gasteiger partial charge in [-0.25, -0.2) is 0 Å². The molecular weight excluding hydrogens is 278 g/mol. The summed E-state index contributed by atoms with van der Waals surface area (Å²) in [5, 5.41) is 3.87. The van der Waals surface area contributed by atoms with Crippen LogP contribution in [0.2, 0.25) is 0 Å². The van der Waals surface area contributed by atoms with Gasteiger partial charge in [-0.05, 0) is 23.1 Å². The number of hydrogen-bond acceptors (Lipinski definition) is 1. The third-order valence-electron chi connectivity index (χ3n) is 4.86. The molecule has 0 bridgehead atoms. The first-order valence-corrected chi connectivity index (χ1v) is 8.33. The second-order valence-corrected chi connectivity index (χ2v) is 6.27. The van der Waals surface area contributed by atoms with Gasteiger partial charge in [-0.15, -0.1) is 0 Å². The van der Waals surface area contributed by atoms with E-state index in [2.05, 4.69) is 96.3 Å². The Labute approximate surface area is 138 Å². The molecule has 0 aromatic heterocycles. The lowest BCUT2D eigenvalue weighted by molar-refractivity contribution is 0.554. The zero-order chi connectivity index (χ0) is 15.5. The van der Waals surface area contributed by atoms with E-state index < -0.39 is 0 Å². The summed E-state index contributed by atoms with van der Waals surface area (Å²) in [5.41, 5.74) is 4.18. The zero-order valence-corrected chi connectivity index (χ0v) is 13.1. The van der Waals surface area contributed by atoms with E-state index in [9.17, 15) is 0 Å². The molecule has 1 heterocycles. The van der Waals surface area contributed by atoms with Gasteiger partial charge in [0.15, 0.2) is 0 Å². The van der Waals surface area contributed by atoms with Gasteiger partial charge in [-0.3, -0.25) is 0 Å². The van der Waals surface area contributed by atoms with Crippen LogP contribution >= 0.6 is 0 Å². The maximum atomic E-state index is 3.87. The molecule has 1 N–H and O–H groups in total. The highest BCUT2D eigenvalue weighted by Gasteiger charge is 2.35. The van der Waals surface area contributed by atoms with Crippen LogP contribution in [-0.2, 0) is 0 Å². The third-order valence-corrected chi connectivity index (χ3v) is 4.86. The number of nitrogens with one attached hydrogen (secondary N) is 1. The lowest BCUT2D eigenvalue weighted by atomic mass is 9.86. The van der Waals surface area contributed by atoms with Crippen LogP contribution in [0.25, 0.3) is 0 Å². The monoisotopic (exact) mass is 299 g/mol. The predicted molar refractivity (Wildman–Crippen MR) is 95.3 cm³/mol. The second-order valence-electron chi connectivity index (χ2n) is 6.27. The van der Waals surface area contributed by atoms with Crippen molar-refractivity contribution < 1.29 is 0 Å². The van der Waals surface area contributed by atoms with Crippen molar-refractivity contribution in [2.75, 3.05) is 0 Å². The molecule has 1 nitrogen and oxygen atoms in total. The van der Waals surface area contributed by atoms with Crippen LogP contribution in [0.4, 0.5) is 0 Å². The summed E-state index contributed by atoms with van der Waals surface area (Å²) in [4.78, 5) is 0. The minimum atomic E-state index is 0.365. The molecule has 114 valence electrons. The number of rotatable bonds is 3. The van der Waals surface area contributed by atoms with Crippen LogP contribution in [0.5, 0.6) is 0 Å². The van der Waals surface area contributed by atoms with E-state index in [4.69, 9.17) is 0 Å². The SMILES string of the molecule is c1ccc([C@@H]2C[C@H](c3ccccc3)[C@@H](c3ccccc3)N2)cc1. The van der Waals surface area contributed by atoms with E-state index in [1.165, 1.54) is 16.7 Å². The van der Waals surface area contributed by atoms with Gasteiger partial charge in [-0.2, -0.15) is 0 Å². The Morgan fingerprint density at radius 2 is 1.04 bits per heavy atom. The molecule has 0 saturated carbocycles. The fraction of sp³-hybridized carbons (Fsp3) is 0.182. The molecule has 1 saturated heterocycles. The van der Waals surface area contributed by atoms with Gasteiger partial charge in [0.2, 0.25) is 0 Å². The summed E-state index contributed by atoms with van der Waals surface area (Å²) in [6.45, 7) is 0. The standard InChI is InChI=1S/C22H21N/c1-4-10-17(11-5-1)20-16-21(18-12-6-2-7-13-18)23-22(20)19-14-8-3-9-15-19/h1-15,20-23H,16H2/t20-,21+,22-/m1/s1. The van der Waals surface area contributed by atoms with Crippen molar-refractivity contribution in [1.29, 1.82) is 0 Å². The second kappa shape index (κ2) is 6.39. The Hall–Kier alpha value is -2.38. The molecule has 3 aromatic rings. The zero-order valence-electron chi connectivity index (χ0n) is 13.1. The molecule has 1 aliphatic heterocycles. The van der Waals surface area contributed by atoms with Crippen molar-refractivity contribution in [2.24, 2.45) is 0 Å². The van der Waals surface area contributed by atoms with Crippen molar-refractivity contribution in [2.45, 2.75) is 24.4 Å².